The van der Waals surface area contributed by atoms with Crippen LogP contribution in [0.25, 0.3) is 0 Å². The predicted octanol–water partition coefficient (Wildman–Crippen LogP) is 0.382. The van der Waals surface area contributed by atoms with Crippen LogP contribution in [-0.2, 0) is 26.4 Å². The fraction of sp³-hybridized carbons (Fsp3) is 0.455. The molecule has 0 saturated carbocycles. The number of benzene rings is 1. The molecule has 0 spiro atoms. The van der Waals surface area contributed by atoms with E-state index in [1.807, 2.05) is 0 Å². The topological polar surface area (TPSA) is 92.3 Å². The van der Waals surface area contributed by atoms with Crippen LogP contribution in [-0.4, -0.2) is 42.4 Å². The van der Waals surface area contributed by atoms with Crippen molar-refractivity contribution in [2.75, 3.05) is 25.6 Å². The van der Waals surface area contributed by atoms with Gasteiger partial charge in [0.25, 0.3) is 0 Å². The van der Waals surface area contributed by atoms with Gasteiger partial charge in [0.2, 0.25) is 10.0 Å². The van der Waals surface area contributed by atoms with Crippen LogP contribution in [0.5, 0.6) is 0 Å². The van der Waals surface area contributed by atoms with Crippen molar-refractivity contribution in [3.8, 4) is 0 Å². The first-order valence-corrected chi connectivity index (χ1v) is 9.90. The fourth-order valence-corrected chi connectivity index (χ4v) is 3.32. The molecule has 6 nitrogen and oxygen atoms in total. The Morgan fingerprint density at radius 1 is 1.10 bits per heavy atom. The highest BCUT2D eigenvalue weighted by Gasteiger charge is 2.15. The molecule has 0 atom stereocenters. The third-order valence-corrected chi connectivity index (χ3v) is 4.71. The van der Waals surface area contributed by atoms with Crippen molar-refractivity contribution in [2.24, 2.45) is 0 Å². The molecule has 2 N–H and O–H groups in total. The van der Waals surface area contributed by atoms with Crippen LogP contribution >= 0.6 is 11.6 Å². The van der Waals surface area contributed by atoms with E-state index in [1.54, 1.807) is 12.1 Å². The molecular formula is C11H17ClN2O4S2. The molecule has 0 fully saturated rings. The Morgan fingerprint density at radius 3 is 2.30 bits per heavy atom. The Hall–Kier alpha value is -0.670. The molecule has 0 unspecified atom stereocenters. The Balaban J connectivity index is 2.69. The van der Waals surface area contributed by atoms with Gasteiger partial charge in [-0.25, -0.2) is 21.6 Å². The number of sulfone groups is 1. The van der Waals surface area contributed by atoms with Gasteiger partial charge in [0.15, 0.2) is 9.84 Å². The summed E-state index contributed by atoms with van der Waals surface area (Å²) < 4.78 is 47.4. The van der Waals surface area contributed by atoms with Crippen molar-refractivity contribution >= 4 is 31.5 Å². The zero-order valence-corrected chi connectivity index (χ0v) is 13.6. The maximum absolute atomic E-state index is 11.6. The largest absolute Gasteiger partial charge is 0.311 e. The number of hydrogen-bond donors (Lipinski definition) is 2. The van der Waals surface area contributed by atoms with Gasteiger partial charge in [-0.2, -0.15) is 0 Å². The normalized spacial score (nSPS) is 12.6. The number of halogens is 1. The van der Waals surface area contributed by atoms with Gasteiger partial charge in [0, 0.05) is 36.5 Å². The first kappa shape index (κ1) is 17.4. The van der Waals surface area contributed by atoms with E-state index in [-0.39, 0.29) is 18.0 Å². The highest BCUT2D eigenvalue weighted by atomic mass is 35.5. The Morgan fingerprint density at radius 2 is 1.75 bits per heavy atom. The highest BCUT2D eigenvalue weighted by molar-refractivity contribution is 7.90. The van der Waals surface area contributed by atoms with Gasteiger partial charge in [-0.1, -0.05) is 17.7 Å². The van der Waals surface area contributed by atoms with Crippen molar-refractivity contribution in [3.05, 3.63) is 28.8 Å². The summed E-state index contributed by atoms with van der Waals surface area (Å²) in [6.07, 6.45) is 2.19. The minimum atomic E-state index is -3.36. The van der Waals surface area contributed by atoms with E-state index in [4.69, 9.17) is 11.6 Å². The maximum atomic E-state index is 11.6. The number of sulfonamides is 1. The molecule has 0 saturated heterocycles. The quantitative estimate of drug-likeness (QED) is 0.700. The summed E-state index contributed by atoms with van der Waals surface area (Å²) in [4.78, 5) is 0.175. The van der Waals surface area contributed by atoms with Gasteiger partial charge in [-0.3, -0.25) is 0 Å². The Kier molecular flexibility index (Phi) is 5.96. The van der Waals surface area contributed by atoms with Gasteiger partial charge in [0.1, 0.15) is 0 Å². The number of nitrogens with one attached hydrogen (secondary N) is 2. The SMILES string of the molecule is CS(=O)(=O)NCCNCc1c(Cl)cccc1S(C)(=O)=O. The lowest BCUT2D eigenvalue weighted by atomic mass is 10.2. The summed E-state index contributed by atoms with van der Waals surface area (Å²) in [5.41, 5.74) is 0.482. The second kappa shape index (κ2) is 6.86. The van der Waals surface area contributed by atoms with E-state index < -0.39 is 19.9 Å². The van der Waals surface area contributed by atoms with Crippen molar-refractivity contribution < 1.29 is 16.8 Å². The maximum Gasteiger partial charge on any atom is 0.208 e. The smallest absolute Gasteiger partial charge is 0.208 e. The van der Waals surface area contributed by atoms with Crippen molar-refractivity contribution in [3.63, 3.8) is 0 Å². The molecule has 0 amide bonds. The average Bonchev–Trinajstić information content (AvgIpc) is 2.27. The Labute approximate surface area is 124 Å². The molecule has 114 valence electrons. The van der Waals surface area contributed by atoms with Gasteiger partial charge in [0.05, 0.1) is 11.2 Å². The van der Waals surface area contributed by atoms with Crippen LogP contribution in [0.15, 0.2) is 23.1 Å². The lowest BCUT2D eigenvalue weighted by Crippen LogP contribution is -2.31. The molecule has 0 aliphatic carbocycles. The zero-order valence-electron chi connectivity index (χ0n) is 11.2. The molecule has 0 bridgehead atoms. The first-order chi connectivity index (χ1) is 9.11. The molecule has 1 aromatic carbocycles. The van der Waals surface area contributed by atoms with Crippen LogP contribution in [0.4, 0.5) is 0 Å². The molecule has 1 rings (SSSR count). The second-order valence-corrected chi connectivity index (χ2v) is 8.56. The van der Waals surface area contributed by atoms with Gasteiger partial charge >= 0.3 is 0 Å². The first-order valence-electron chi connectivity index (χ1n) is 5.74. The Bertz CT molecular complexity index is 672. The van der Waals surface area contributed by atoms with Crippen LogP contribution in [0.2, 0.25) is 5.02 Å². The van der Waals surface area contributed by atoms with Crippen LogP contribution in [0, 0.1) is 0 Å². The summed E-state index contributed by atoms with van der Waals surface area (Å²) >= 11 is 6.00. The van der Waals surface area contributed by atoms with E-state index in [0.29, 0.717) is 17.1 Å². The molecule has 0 radical (unpaired) electrons. The van der Waals surface area contributed by atoms with Crippen LogP contribution in [0.1, 0.15) is 5.56 Å². The molecule has 0 aliphatic rings. The van der Waals surface area contributed by atoms with Gasteiger partial charge < -0.3 is 5.32 Å². The van der Waals surface area contributed by atoms with Crippen molar-refractivity contribution in [1.29, 1.82) is 0 Å². The molecular weight excluding hydrogens is 324 g/mol. The molecule has 0 aliphatic heterocycles. The van der Waals surface area contributed by atoms with Crippen molar-refractivity contribution in [2.45, 2.75) is 11.4 Å². The van der Waals surface area contributed by atoms with E-state index in [0.717, 1.165) is 12.5 Å². The number of hydrogen-bond acceptors (Lipinski definition) is 5. The molecule has 20 heavy (non-hydrogen) atoms. The highest BCUT2D eigenvalue weighted by Crippen LogP contribution is 2.23. The summed E-state index contributed by atoms with van der Waals surface area (Å²) in [5.74, 6) is 0. The fourth-order valence-electron chi connectivity index (χ4n) is 1.60. The monoisotopic (exact) mass is 340 g/mol. The third kappa shape index (κ3) is 5.76. The van der Waals surface area contributed by atoms with Crippen LogP contribution < -0.4 is 10.0 Å². The van der Waals surface area contributed by atoms with E-state index in [9.17, 15) is 16.8 Å². The summed E-state index contributed by atoms with van der Waals surface area (Å²) in [6, 6.07) is 4.68. The molecule has 0 heterocycles. The van der Waals surface area contributed by atoms with E-state index >= 15 is 0 Å². The van der Waals surface area contributed by atoms with Gasteiger partial charge in [-0.05, 0) is 12.1 Å². The van der Waals surface area contributed by atoms with Crippen molar-refractivity contribution in [1.82, 2.24) is 10.0 Å². The van der Waals surface area contributed by atoms with E-state index in [2.05, 4.69) is 10.0 Å². The predicted molar refractivity (Wildman–Crippen MR) is 79.1 cm³/mol. The molecule has 0 aromatic heterocycles. The summed E-state index contributed by atoms with van der Waals surface area (Å²) in [7, 11) is -6.58. The standard InChI is InChI=1S/C11H17ClN2O4S2/c1-19(15,16)11-5-3-4-10(12)9(11)8-13-6-7-14-20(2,17)18/h3-5,13-14H,6-8H2,1-2H3. The van der Waals surface area contributed by atoms with Gasteiger partial charge in [-0.15, -0.1) is 0 Å². The number of rotatable bonds is 7. The summed E-state index contributed by atoms with van der Waals surface area (Å²) in [5, 5.41) is 3.31. The lowest BCUT2D eigenvalue weighted by molar-refractivity contribution is 0.581. The third-order valence-electron chi connectivity index (χ3n) is 2.44. The van der Waals surface area contributed by atoms with Crippen LogP contribution in [0.3, 0.4) is 0 Å². The minimum absolute atomic E-state index is 0.175. The molecule has 1 aromatic rings. The second-order valence-electron chi connectivity index (χ2n) is 4.33. The summed E-state index contributed by atoms with van der Waals surface area (Å²) in [6.45, 7) is 0.826. The average molecular weight is 341 g/mol. The van der Waals surface area contributed by atoms with E-state index in [1.165, 1.54) is 6.07 Å². The molecule has 9 heteroatoms. The lowest BCUT2D eigenvalue weighted by Gasteiger charge is -2.11. The minimum Gasteiger partial charge on any atom is -0.311 e. The zero-order chi connectivity index (χ0) is 15.4.